The van der Waals surface area contributed by atoms with Crippen LogP contribution in [0.4, 0.5) is 0 Å². The predicted octanol–water partition coefficient (Wildman–Crippen LogP) is 0.126. The lowest BCUT2D eigenvalue weighted by Crippen LogP contribution is -2.13. The highest BCUT2D eigenvalue weighted by Crippen LogP contribution is 2.16. The van der Waals surface area contributed by atoms with Gasteiger partial charge in [-0.2, -0.15) is 4.98 Å². The number of hydrogen-bond acceptors (Lipinski definition) is 8. The monoisotopic (exact) mass is 290 g/mol. The summed E-state index contributed by atoms with van der Waals surface area (Å²) >= 11 is 0. The quantitative estimate of drug-likeness (QED) is 0.668. The zero-order valence-corrected chi connectivity index (χ0v) is 10.6. The minimum absolute atomic E-state index is 0.0200. The van der Waals surface area contributed by atoms with Crippen LogP contribution in [-0.2, 0) is 13.1 Å². The lowest BCUT2D eigenvalue weighted by atomic mass is 10.3. The minimum atomic E-state index is -1.19. The molecule has 10 nitrogen and oxygen atoms in total. The Kier molecular flexibility index (Phi) is 3.20. The summed E-state index contributed by atoms with van der Waals surface area (Å²) < 4.78 is 11.5. The number of carbonyl (C=O) groups is 1. The van der Waals surface area contributed by atoms with E-state index in [9.17, 15) is 4.79 Å². The molecular weight excluding hydrogens is 280 g/mol. The Labute approximate surface area is 117 Å². The fraction of sp³-hybridized carbons (Fsp3) is 0.182. The van der Waals surface area contributed by atoms with Crippen molar-refractivity contribution in [2.75, 3.05) is 0 Å². The van der Waals surface area contributed by atoms with Gasteiger partial charge in [-0.05, 0) is 12.1 Å². The van der Waals surface area contributed by atoms with Crippen molar-refractivity contribution in [1.29, 1.82) is 0 Å². The number of carboxylic acid groups (broad SMARTS) is 1. The second kappa shape index (κ2) is 5.17. The van der Waals surface area contributed by atoms with Gasteiger partial charge in [0.15, 0.2) is 11.5 Å². The summed E-state index contributed by atoms with van der Waals surface area (Å²) in [5, 5.41) is 20.0. The summed E-state index contributed by atoms with van der Waals surface area (Å²) in [5.74, 6) is -0.196. The van der Waals surface area contributed by atoms with E-state index in [1.165, 1.54) is 10.9 Å². The molecule has 3 aromatic rings. The molecule has 0 saturated heterocycles. The van der Waals surface area contributed by atoms with E-state index in [-0.39, 0.29) is 30.4 Å². The number of furan rings is 1. The normalized spacial score (nSPS) is 10.9. The molecule has 10 heteroatoms. The van der Waals surface area contributed by atoms with Crippen LogP contribution in [0.15, 0.2) is 27.3 Å². The molecule has 3 heterocycles. The predicted molar refractivity (Wildman–Crippen MR) is 66.0 cm³/mol. The van der Waals surface area contributed by atoms with E-state index in [2.05, 4.69) is 20.5 Å². The second-order valence-electron chi connectivity index (χ2n) is 4.04. The van der Waals surface area contributed by atoms with Crippen LogP contribution in [0.3, 0.4) is 0 Å². The fourth-order valence-corrected chi connectivity index (χ4v) is 1.78. The van der Waals surface area contributed by atoms with Gasteiger partial charge >= 0.3 is 5.97 Å². The first kappa shape index (κ1) is 13.0. The fourth-order valence-electron chi connectivity index (χ4n) is 1.78. The number of aromatic carboxylic acids is 1. The number of aromatic nitrogens is 5. The molecule has 3 N–H and O–H groups in total. The summed E-state index contributed by atoms with van der Waals surface area (Å²) in [4.78, 5) is 15.1. The average Bonchev–Trinajstić information content (AvgIpc) is 3.18. The minimum Gasteiger partial charge on any atom is -0.476 e. The van der Waals surface area contributed by atoms with Crippen LogP contribution >= 0.6 is 0 Å². The zero-order chi connectivity index (χ0) is 14.8. The van der Waals surface area contributed by atoms with Gasteiger partial charge in [-0.3, -0.25) is 0 Å². The standard InChI is InChI=1S/C11H10N6O4/c12-4-6-9(11(18)19)14-16-17(6)5-8-13-10(15-21-8)7-2-1-3-20-7/h1-3H,4-5,12H2,(H,18,19). The second-order valence-corrected chi connectivity index (χ2v) is 4.04. The maximum atomic E-state index is 11.0. The zero-order valence-electron chi connectivity index (χ0n) is 10.6. The highest BCUT2D eigenvalue weighted by molar-refractivity contribution is 5.86. The molecule has 3 rings (SSSR count). The van der Waals surface area contributed by atoms with Crippen molar-refractivity contribution >= 4 is 5.97 Å². The molecule has 0 aliphatic carbocycles. The Morgan fingerprint density at radius 3 is 3.00 bits per heavy atom. The maximum absolute atomic E-state index is 11.0. The first-order valence-corrected chi connectivity index (χ1v) is 5.91. The third-order valence-corrected chi connectivity index (χ3v) is 2.73. The van der Waals surface area contributed by atoms with Crippen molar-refractivity contribution in [3.63, 3.8) is 0 Å². The summed E-state index contributed by atoms with van der Waals surface area (Å²) in [6, 6.07) is 3.40. The SMILES string of the molecule is NCc1c(C(=O)O)nnn1Cc1nc(-c2ccco2)no1. The summed E-state index contributed by atoms with van der Waals surface area (Å²) in [5.41, 5.74) is 5.61. The van der Waals surface area contributed by atoms with Crippen LogP contribution in [0, 0.1) is 0 Å². The summed E-state index contributed by atoms with van der Waals surface area (Å²) in [6.45, 7) is 0.0499. The largest absolute Gasteiger partial charge is 0.476 e. The van der Waals surface area contributed by atoms with Crippen molar-refractivity contribution in [3.05, 3.63) is 35.7 Å². The number of carboxylic acids is 1. The Hall–Kier alpha value is -3.01. The van der Waals surface area contributed by atoms with Gasteiger partial charge in [-0.1, -0.05) is 10.4 Å². The van der Waals surface area contributed by atoms with Crippen molar-refractivity contribution in [2.24, 2.45) is 5.73 Å². The Balaban J connectivity index is 1.86. The summed E-state index contributed by atoms with van der Waals surface area (Å²) in [6.07, 6.45) is 1.49. The molecule has 0 radical (unpaired) electrons. The van der Waals surface area contributed by atoms with Crippen LogP contribution < -0.4 is 5.73 Å². The Morgan fingerprint density at radius 1 is 1.48 bits per heavy atom. The molecule has 21 heavy (non-hydrogen) atoms. The molecule has 0 aliphatic heterocycles. The van der Waals surface area contributed by atoms with E-state index >= 15 is 0 Å². The van der Waals surface area contributed by atoms with Crippen LogP contribution in [0.5, 0.6) is 0 Å². The highest BCUT2D eigenvalue weighted by Gasteiger charge is 2.19. The van der Waals surface area contributed by atoms with Gasteiger partial charge < -0.3 is 19.8 Å². The van der Waals surface area contributed by atoms with Gasteiger partial charge in [0.2, 0.25) is 11.7 Å². The summed E-state index contributed by atoms with van der Waals surface area (Å²) in [7, 11) is 0. The molecule has 0 aromatic carbocycles. The third-order valence-electron chi connectivity index (χ3n) is 2.73. The molecule has 0 unspecified atom stereocenters. The van der Waals surface area contributed by atoms with Crippen molar-refractivity contribution in [1.82, 2.24) is 25.1 Å². The lowest BCUT2D eigenvalue weighted by molar-refractivity contribution is 0.0689. The lowest BCUT2D eigenvalue weighted by Gasteiger charge is -2.00. The number of nitrogens with two attached hydrogens (primary N) is 1. The molecule has 0 saturated carbocycles. The number of nitrogens with zero attached hydrogens (tertiary/aromatic N) is 5. The molecular formula is C11H10N6O4. The van der Waals surface area contributed by atoms with E-state index in [0.717, 1.165) is 0 Å². The van der Waals surface area contributed by atoms with Gasteiger partial charge in [0.1, 0.15) is 6.54 Å². The van der Waals surface area contributed by atoms with Crippen molar-refractivity contribution in [2.45, 2.75) is 13.1 Å². The van der Waals surface area contributed by atoms with Crippen LogP contribution in [-0.4, -0.2) is 36.2 Å². The molecule has 108 valence electrons. The Bertz CT molecular complexity index is 760. The topological polar surface area (TPSA) is 146 Å². The first-order chi connectivity index (χ1) is 10.2. The van der Waals surface area contributed by atoms with E-state index in [1.807, 2.05) is 0 Å². The molecule has 0 aliphatic rings. The van der Waals surface area contributed by atoms with E-state index in [1.54, 1.807) is 12.1 Å². The van der Waals surface area contributed by atoms with Crippen LogP contribution in [0.2, 0.25) is 0 Å². The van der Waals surface area contributed by atoms with Crippen molar-refractivity contribution in [3.8, 4) is 11.6 Å². The first-order valence-electron chi connectivity index (χ1n) is 5.91. The Morgan fingerprint density at radius 2 is 2.33 bits per heavy atom. The van der Waals surface area contributed by atoms with Crippen LogP contribution in [0.25, 0.3) is 11.6 Å². The van der Waals surface area contributed by atoms with Gasteiger partial charge in [0.05, 0.1) is 12.0 Å². The van der Waals surface area contributed by atoms with E-state index in [4.69, 9.17) is 19.8 Å². The van der Waals surface area contributed by atoms with Gasteiger partial charge in [-0.15, -0.1) is 5.10 Å². The maximum Gasteiger partial charge on any atom is 0.358 e. The molecule has 0 spiro atoms. The molecule has 0 amide bonds. The smallest absolute Gasteiger partial charge is 0.358 e. The van der Waals surface area contributed by atoms with Gasteiger partial charge in [0, 0.05) is 6.54 Å². The third kappa shape index (κ3) is 2.39. The van der Waals surface area contributed by atoms with Gasteiger partial charge in [0.25, 0.3) is 0 Å². The van der Waals surface area contributed by atoms with Crippen LogP contribution in [0.1, 0.15) is 22.1 Å². The highest BCUT2D eigenvalue weighted by atomic mass is 16.5. The van der Waals surface area contributed by atoms with Crippen molar-refractivity contribution < 1.29 is 18.8 Å². The molecule has 0 atom stereocenters. The van der Waals surface area contributed by atoms with Gasteiger partial charge in [-0.25, -0.2) is 9.48 Å². The molecule has 0 fully saturated rings. The molecule has 0 bridgehead atoms. The molecule has 3 aromatic heterocycles. The number of rotatable bonds is 5. The van der Waals surface area contributed by atoms with E-state index < -0.39 is 5.97 Å². The average molecular weight is 290 g/mol. The number of hydrogen-bond donors (Lipinski definition) is 2. The van der Waals surface area contributed by atoms with E-state index in [0.29, 0.717) is 11.6 Å².